The number of benzene rings is 1. The van der Waals surface area contributed by atoms with Crippen LogP contribution in [0.25, 0.3) is 0 Å². The summed E-state index contributed by atoms with van der Waals surface area (Å²) in [6.45, 7) is 4.06. The highest BCUT2D eigenvalue weighted by Crippen LogP contribution is 2.34. The zero-order valence-electron chi connectivity index (χ0n) is 16.4. The minimum absolute atomic E-state index is 0.0320. The van der Waals surface area contributed by atoms with Crippen LogP contribution in [0.5, 0.6) is 0 Å². The first-order chi connectivity index (χ1) is 13.6. The molecule has 2 aliphatic rings. The molecule has 4 rings (SSSR count). The van der Waals surface area contributed by atoms with Gasteiger partial charge >= 0.3 is 0 Å². The number of pyridine rings is 1. The van der Waals surface area contributed by atoms with Gasteiger partial charge < -0.3 is 9.80 Å². The van der Waals surface area contributed by atoms with Crippen LogP contribution >= 0.6 is 0 Å². The Labute approximate surface area is 166 Å². The van der Waals surface area contributed by atoms with Crippen LogP contribution in [0, 0.1) is 12.8 Å². The van der Waals surface area contributed by atoms with Crippen LogP contribution in [0.15, 0.2) is 48.8 Å². The minimum atomic E-state index is -0.106. The average Bonchev–Trinajstić information content (AvgIpc) is 3.24. The highest BCUT2D eigenvalue weighted by molar-refractivity contribution is 5.94. The smallest absolute Gasteiger partial charge is 0.253 e. The Kier molecular flexibility index (Phi) is 5.42. The first-order valence-corrected chi connectivity index (χ1v) is 10.2. The molecular weight excluding hydrogens is 350 g/mol. The summed E-state index contributed by atoms with van der Waals surface area (Å²) in [5, 5.41) is 0. The fourth-order valence-electron chi connectivity index (χ4n) is 4.44. The molecule has 146 valence electrons. The van der Waals surface area contributed by atoms with E-state index in [1.807, 2.05) is 53.1 Å². The van der Waals surface area contributed by atoms with Gasteiger partial charge in [0.1, 0.15) is 0 Å². The number of nitrogens with zero attached hydrogens (tertiary/aromatic N) is 3. The van der Waals surface area contributed by atoms with Gasteiger partial charge in [-0.1, -0.05) is 17.7 Å². The Bertz CT molecular complexity index is 835. The largest absolute Gasteiger partial charge is 0.338 e. The van der Waals surface area contributed by atoms with Gasteiger partial charge in [-0.2, -0.15) is 0 Å². The quantitative estimate of drug-likeness (QED) is 0.821. The van der Waals surface area contributed by atoms with Crippen LogP contribution in [0.2, 0.25) is 0 Å². The van der Waals surface area contributed by atoms with Gasteiger partial charge in [-0.3, -0.25) is 14.6 Å². The number of carbonyl (C=O) groups excluding carboxylic acids is 2. The summed E-state index contributed by atoms with van der Waals surface area (Å²) < 4.78 is 0. The number of hydrogen-bond acceptors (Lipinski definition) is 3. The lowest BCUT2D eigenvalue weighted by molar-refractivity contribution is -0.138. The predicted octanol–water partition coefficient (Wildman–Crippen LogP) is 3.61. The van der Waals surface area contributed by atoms with Crippen molar-refractivity contribution in [3.63, 3.8) is 0 Å². The Morgan fingerprint density at radius 2 is 1.68 bits per heavy atom. The summed E-state index contributed by atoms with van der Waals surface area (Å²) >= 11 is 0. The molecular formula is C23H27N3O2. The predicted molar refractivity (Wildman–Crippen MR) is 108 cm³/mol. The Morgan fingerprint density at radius 3 is 2.43 bits per heavy atom. The number of aryl methyl sites for hydroxylation is 1. The lowest BCUT2D eigenvalue weighted by Gasteiger charge is -2.35. The average molecular weight is 377 g/mol. The maximum absolute atomic E-state index is 13.3. The summed E-state index contributed by atoms with van der Waals surface area (Å²) in [5.41, 5.74) is 3.00. The van der Waals surface area contributed by atoms with Gasteiger partial charge in [0.25, 0.3) is 5.91 Å². The summed E-state index contributed by atoms with van der Waals surface area (Å²) in [6.07, 6.45) is 7.33. The zero-order chi connectivity index (χ0) is 19.5. The number of carbonyl (C=O) groups is 2. The highest BCUT2D eigenvalue weighted by Gasteiger charge is 2.36. The maximum Gasteiger partial charge on any atom is 0.253 e. The first-order valence-electron chi connectivity index (χ1n) is 10.2. The van der Waals surface area contributed by atoms with E-state index in [1.54, 1.807) is 12.4 Å². The second-order valence-electron chi connectivity index (χ2n) is 7.93. The van der Waals surface area contributed by atoms with Crippen molar-refractivity contribution in [2.45, 2.75) is 38.6 Å². The van der Waals surface area contributed by atoms with Crippen molar-refractivity contribution >= 4 is 11.8 Å². The summed E-state index contributed by atoms with van der Waals surface area (Å²) in [6, 6.07) is 11.8. The number of likely N-dealkylation sites (tertiary alicyclic amines) is 2. The molecule has 28 heavy (non-hydrogen) atoms. The molecule has 2 saturated heterocycles. The summed E-state index contributed by atoms with van der Waals surface area (Å²) in [7, 11) is 0. The van der Waals surface area contributed by atoms with Gasteiger partial charge in [0.15, 0.2) is 0 Å². The second-order valence-corrected chi connectivity index (χ2v) is 7.93. The molecule has 1 aromatic carbocycles. The molecule has 3 heterocycles. The van der Waals surface area contributed by atoms with Gasteiger partial charge in [0, 0.05) is 37.6 Å². The van der Waals surface area contributed by atoms with E-state index in [9.17, 15) is 9.59 Å². The third kappa shape index (κ3) is 3.79. The van der Waals surface area contributed by atoms with Gasteiger partial charge in [0.2, 0.25) is 5.91 Å². The molecule has 5 heteroatoms. The molecule has 2 fully saturated rings. The van der Waals surface area contributed by atoms with Gasteiger partial charge in [-0.15, -0.1) is 0 Å². The van der Waals surface area contributed by atoms with Crippen molar-refractivity contribution in [3.05, 3.63) is 65.5 Å². The van der Waals surface area contributed by atoms with E-state index in [0.29, 0.717) is 12.1 Å². The highest BCUT2D eigenvalue weighted by atomic mass is 16.2. The van der Waals surface area contributed by atoms with Gasteiger partial charge in [-0.25, -0.2) is 0 Å². The third-order valence-corrected chi connectivity index (χ3v) is 5.98. The number of piperidine rings is 1. The first kappa shape index (κ1) is 18.7. The summed E-state index contributed by atoms with van der Waals surface area (Å²) in [4.78, 5) is 34.2. The molecule has 2 aromatic rings. The lowest BCUT2D eigenvalue weighted by Crippen LogP contribution is -2.46. The van der Waals surface area contributed by atoms with Crippen molar-refractivity contribution in [3.8, 4) is 0 Å². The van der Waals surface area contributed by atoms with Crippen molar-refractivity contribution in [1.82, 2.24) is 14.8 Å². The number of rotatable bonds is 3. The fraction of sp³-hybridized carbons (Fsp3) is 0.435. The molecule has 0 bridgehead atoms. The number of hydrogen-bond donors (Lipinski definition) is 0. The van der Waals surface area contributed by atoms with Crippen molar-refractivity contribution in [2.75, 3.05) is 19.6 Å². The number of aromatic nitrogens is 1. The molecule has 5 nitrogen and oxygen atoms in total. The second kappa shape index (κ2) is 8.13. The van der Waals surface area contributed by atoms with E-state index in [1.165, 1.54) is 0 Å². The van der Waals surface area contributed by atoms with E-state index < -0.39 is 0 Å². The van der Waals surface area contributed by atoms with Gasteiger partial charge in [0.05, 0.1) is 12.0 Å². The van der Waals surface area contributed by atoms with Crippen LogP contribution in [0.3, 0.4) is 0 Å². The molecule has 1 aromatic heterocycles. The van der Waals surface area contributed by atoms with Crippen LogP contribution in [-0.4, -0.2) is 46.2 Å². The standard InChI is InChI=1S/C23H27N3O2/c1-17-6-8-19(9-7-17)22(27)25-14-2-4-20(16-25)23(28)26-15-3-5-21(26)18-10-12-24-13-11-18/h6-13,20-21H,2-5,14-16H2,1H3/t20-,21+/m0/s1. The topological polar surface area (TPSA) is 53.5 Å². The Morgan fingerprint density at radius 1 is 0.964 bits per heavy atom. The van der Waals surface area contributed by atoms with Crippen LogP contribution in [0.4, 0.5) is 0 Å². The molecule has 0 spiro atoms. The normalized spacial score (nSPS) is 22.3. The molecule has 0 unspecified atom stereocenters. The van der Waals surface area contributed by atoms with Crippen molar-refractivity contribution < 1.29 is 9.59 Å². The van der Waals surface area contributed by atoms with E-state index in [2.05, 4.69) is 4.98 Å². The van der Waals surface area contributed by atoms with Crippen LogP contribution in [-0.2, 0) is 4.79 Å². The summed E-state index contributed by atoms with van der Waals surface area (Å²) in [5.74, 6) is 0.121. The van der Waals surface area contributed by atoms with E-state index in [-0.39, 0.29) is 23.8 Å². The van der Waals surface area contributed by atoms with Crippen LogP contribution in [0.1, 0.15) is 53.2 Å². The van der Waals surface area contributed by atoms with Gasteiger partial charge in [-0.05, 0) is 62.4 Å². The minimum Gasteiger partial charge on any atom is -0.338 e. The molecule has 0 N–H and O–H groups in total. The van der Waals surface area contributed by atoms with E-state index in [4.69, 9.17) is 0 Å². The molecule has 0 saturated carbocycles. The zero-order valence-corrected chi connectivity index (χ0v) is 16.4. The Balaban J connectivity index is 1.46. The fourth-order valence-corrected chi connectivity index (χ4v) is 4.44. The molecule has 0 aliphatic carbocycles. The monoisotopic (exact) mass is 377 g/mol. The van der Waals surface area contributed by atoms with E-state index >= 15 is 0 Å². The van der Waals surface area contributed by atoms with Crippen LogP contribution < -0.4 is 0 Å². The van der Waals surface area contributed by atoms with Crippen molar-refractivity contribution in [1.29, 1.82) is 0 Å². The third-order valence-electron chi connectivity index (χ3n) is 5.98. The lowest BCUT2D eigenvalue weighted by atomic mass is 9.95. The SMILES string of the molecule is Cc1ccc(C(=O)N2CCC[C@H](C(=O)N3CCC[C@@H]3c3ccncc3)C2)cc1. The van der Waals surface area contributed by atoms with Crippen molar-refractivity contribution in [2.24, 2.45) is 5.92 Å². The Hall–Kier alpha value is -2.69. The maximum atomic E-state index is 13.3. The molecule has 0 radical (unpaired) electrons. The number of amides is 2. The molecule has 2 atom stereocenters. The molecule has 2 aliphatic heterocycles. The molecule has 2 amide bonds. The van der Waals surface area contributed by atoms with E-state index in [0.717, 1.165) is 49.9 Å².